The fraction of sp³-hybridized carbons (Fsp3) is 0.417. The maximum atomic E-state index is 12.7. The number of hydrogen-bond acceptors (Lipinski definition) is 3. The Morgan fingerprint density at radius 2 is 1.89 bits per heavy atom. The van der Waals surface area contributed by atoms with Crippen LogP contribution in [-0.2, 0) is 15.7 Å². The second-order valence-electron chi connectivity index (χ2n) is 3.84. The molecule has 3 nitrogen and oxygen atoms in total. The van der Waals surface area contributed by atoms with Crippen LogP contribution in [-0.4, -0.2) is 18.2 Å². The summed E-state index contributed by atoms with van der Waals surface area (Å²) in [6, 6.07) is 4.61. The van der Waals surface area contributed by atoms with Gasteiger partial charge in [0.1, 0.15) is 0 Å². The van der Waals surface area contributed by atoms with E-state index in [9.17, 15) is 23.1 Å². The molecule has 0 aliphatic carbocycles. The third-order valence-corrected chi connectivity index (χ3v) is 2.63. The summed E-state index contributed by atoms with van der Waals surface area (Å²) in [6.07, 6.45) is -6.14. The summed E-state index contributed by atoms with van der Waals surface area (Å²) in [5, 5.41) is 9.83. The Bertz CT molecular complexity index is 429. The highest BCUT2D eigenvalue weighted by Crippen LogP contribution is 2.36. The topological polar surface area (TPSA) is 46.5 Å². The molecule has 0 spiro atoms. The quantitative estimate of drug-likeness (QED) is 0.851. The molecule has 0 radical (unpaired) electrons. The number of methoxy groups -OCH3 is 1. The van der Waals surface area contributed by atoms with Crippen LogP contribution in [0.15, 0.2) is 24.3 Å². The summed E-state index contributed by atoms with van der Waals surface area (Å²) >= 11 is 0. The van der Waals surface area contributed by atoms with Gasteiger partial charge in [0.25, 0.3) is 0 Å². The largest absolute Gasteiger partial charge is 0.469 e. The number of carbonyl (C=O) groups excluding carboxylic acids is 1. The van der Waals surface area contributed by atoms with Gasteiger partial charge in [-0.25, -0.2) is 0 Å². The highest BCUT2D eigenvalue weighted by Gasteiger charge is 2.37. The highest BCUT2D eigenvalue weighted by atomic mass is 19.4. The average Bonchev–Trinajstić information content (AvgIpc) is 2.35. The molecule has 1 aromatic rings. The summed E-state index contributed by atoms with van der Waals surface area (Å²) < 4.78 is 42.6. The SMILES string of the molecule is COC(=O)C(C)C(O)c1ccccc1C(F)(F)F. The van der Waals surface area contributed by atoms with Crippen molar-refractivity contribution < 1.29 is 27.8 Å². The molecule has 0 aromatic heterocycles. The molecule has 0 heterocycles. The zero-order valence-corrected chi connectivity index (χ0v) is 9.86. The maximum absolute atomic E-state index is 12.7. The predicted molar refractivity (Wildman–Crippen MR) is 57.6 cm³/mol. The molecule has 0 aliphatic heterocycles. The van der Waals surface area contributed by atoms with Gasteiger partial charge >= 0.3 is 12.1 Å². The van der Waals surface area contributed by atoms with Crippen molar-refractivity contribution in [3.8, 4) is 0 Å². The molecule has 1 aromatic carbocycles. The monoisotopic (exact) mass is 262 g/mol. The van der Waals surface area contributed by atoms with E-state index in [0.717, 1.165) is 19.2 Å². The molecule has 0 saturated carbocycles. The lowest BCUT2D eigenvalue weighted by atomic mass is 9.93. The van der Waals surface area contributed by atoms with Gasteiger partial charge in [0, 0.05) is 0 Å². The van der Waals surface area contributed by atoms with Crippen LogP contribution in [0.4, 0.5) is 13.2 Å². The normalized spacial score (nSPS) is 15.0. The van der Waals surface area contributed by atoms with Crippen LogP contribution in [0.5, 0.6) is 0 Å². The van der Waals surface area contributed by atoms with E-state index in [1.807, 2.05) is 0 Å². The highest BCUT2D eigenvalue weighted by molar-refractivity contribution is 5.72. The molecule has 1 rings (SSSR count). The lowest BCUT2D eigenvalue weighted by Gasteiger charge is -2.21. The predicted octanol–water partition coefficient (Wildman–Crippen LogP) is 2.55. The summed E-state index contributed by atoms with van der Waals surface area (Å²) in [7, 11) is 1.11. The van der Waals surface area contributed by atoms with E-state index >= 15 is 0 Å². The van der Waals surface area contributed by atoms with Crippen molar-refractivity contribution in [2.24, 2.45) is 5.92 Å². The third kappa shape index (κ3) is 3.01. The first-order valence-corrected chi connectivity index (χ1v) is 5.21. The molecular formula is C12H13F3O3. The van der Waals surface area contributed by atoms with E-state index in [-0.39, 0.29) is 5.56 Å². The molecular weight excluding hydrogens is 249 g/mol. The first-order chi connectivity index (χ1) is 8.29. The average molecular weight is 262 g/mol. The number of ether oxygens (including phenoxy) is 1. The van der Waals surface area contributed by atoms with Gasteiger partial charge in [-0.3, -0.25) is 4.79 Å². The summed E-state index contributed by atoms with van der Waals surface area (Å²) in [4.78, 5) is 11.2. The Morgan fingerprint density at radius 3 is 2.39 bits per heavy atom. The zero-order valence-electron chi connectivity index (χ0n) is 9.86. The van der Waals surface area contributed by atoms with Crippen molar-refractivity contribution in [1.82, 2.24) is 0 Å². The molecule has 100 valence electrons. The molecule has 1 N–H and O–H groups in total. The molecule has 0 saturated heterocycles. The van der Waals surface area contributed by atoms with Gasteiger partial charge < -0.3 is 9.84 Å². The van der Waals surface area contributed by atoms with E-state index in [1.165, 1.54) is 19.1 Å². The van der Waals surface area contributed by atoms with Crippen LogP contribution in [0.2, 0.25) is 0 Å². The number of halogens is 3. The van der Waals surface area contributed by atoms with Gasteiger partial charge in [-0.2, -0.15) is 13.2 Å². The number of hydrogen-bond donors (Lipinski definition) is 1. The standard InChI is InChI=1S/C12H13F3O3/c1-7(11(17)18-2)10(16)8-5-3-4-6-9(8)12(13,14)15/h3-7,10,16H,1-2H3. The number of benzene rings is 1. The van der Waals surface area contributed by atoms with Crippen LogP contribution in [0.1, 0.15) is 24.2 Å². The Balaban J connectivity index is 3.14. The molecule has 0 aliphatic rings. The maximum Gasteiger partial charge on any atom is 0.416 e. The third-order valence-electron chi connectivity index (χ3n) is 2.63. The minimum absolute atomic E-state index is 0.331. The summed E-state index contributed by atoms with van der Waals surface area (Å²) in [5.74, 6) is -1.84. The molecule has 2 unspecified atom stereocenters. The summed E-state index contributed by atoms with van der Waals surface area (Å²) in [5.41, 5.74) is -1.28. The van der Waals surface area contributed by atoms with Crippen molar-refractivity contribution in [2.45, 2.75) is 19.2 Å². The van der Waals surface area contributed by atoms with Crippen molar-refractivity contribution in [2.75, 3.05) is 7.11 Å². The van der Waals surface area contributed by atoms with E-state index in [0.29, 0.717) is 0 Å². The number of aliphatic hydroxyl groups excluding tert-OH is 1. The summed E-state index contributed by atoms with van der Waals surface area (Å²) in [6.45, 7) is 1.31. The molecule has 2 atom stereocenters. The minimum Gasteiger partial charge on any atom is -0.469 e. The fourth-order valence-corrected chi connectivity index (χ4v) is 1.60. The number of alkyl halides is 3. The minimum atomic E-state index is -4.58. The van der Waals surface area contributed by atoms with Gasteiger partial charge in [0.2, 0.25) is 0 Å². The zero-order chi connectivity index (χ0) is 13.9. The van der Waals surface area contributed by atoms with E-state index in [4.69, 9.17) is 0 Å². The lowest BCUT2D eigenvalue weighted by molar-refractivity contribution is -0.150. The van der Waals surface area contributed by atoms with E-state index in [1.54, 1.807) is 0 Å². The van der Waals surface area contributed by atoms with Gasteiger partial charge in [-0.1, -0.05) is 18.2 Å². The van der Waals surface area contributed by atoms with Crippen molar-refractivity contribution in [1.29, 1.82) is 0 Å². The fourth-order valence-electron chi connectivity index (χ4n) is 1.60. The number of carbonyl (C=O) groups is 1. The first kappa shape index (κ1) is 14.5. The van der Waals surface area contributed by atoms with E-state index < -0.39 is 29.7 Å². The van der Waals surface area contributed by atoms with Crippen molar-refractivity contribution >= 4 is 5.97 Å². The Hall–Kier alpha value is -1.56. The van der Waals surface area contributed by atoms with Crippen molar-refractivity contribution in [3.05, 3.63) is 35.4 Å². The van der Waals surface area contributed by atoms with Crippen LogP contribution < -0.4 is 0 Å². The van der Waals surface area contributed by atoms with Crippen LogP contribution in [0.25, 0.3) is 0 Å². The molecule has 6 heteroatoms. The number of esters is 1. The number of aliphatic hydroxyl groups is 1. The Kier molecular flexibility index (Phi) is 4.34. The smallest absolute Gasteiger partial charge is 0.416 e. The molecule has 0 fully saturated rings. The van der Waals surface area contributed by atoms with Gasteiger partial charge in [0.15, 0.2) is 0 Å². The van der Waals surface area contributed by atoms with Crippen LogP contribution in [0, 0.1) is 5.92 Å². The first-order valence-electron chi connectivity index (χ1n) is 5.21. The molecule has 0 bridgehead atoms. The second-order valence-corrected chi connectivity index (χ2v) is 3.84. The van der Waals surface area contributed by atoms with Gasteiger partial charge in [0.05, 0.1) is 24.7 Å². The van der Waals surface area contributed by atoms with Gasteiger partial charge in [-0.15, -0.1) is 0 Å². The van der Waals surface area contributed by atoms with E-state index in [2.05, 4.69) is 4.74 Å². The van der Waals surface area contributed by atoms with Crippen molar-refractivity contribution in [3.63, 3.8) is 0 Å². The molecule has 18 heavy (non-hydrogen) atoms. The molecule has 0 amide bonds. The Morgan fingerprint density at radius 1 is 1.33 bits per heavy atom. The number of rotatable bonds is 3. The second kappa shape index (κ2) is 5.39. The lowest BCUT2D eigenvalue weighted by Crippen LogP contribution is -2.23. The van der Waals surface area contributed by atoms with Crippen LogP contribution >= 0.6 is 0 Å². The van der Waals surface area contributed by atoms with Crippen LogP contribution in [0.3, 0.4) is 0 Å². The van der Waals surface area contributed by atoms with Gasteiger partial charge in [-0.05, 0) is 18.6 Å². The Labute approximate surface area is 102 Å².